The van der Waals surface area contributed by atoms with E-state index in [1.807, 2.05) is 70.7 Å². The molecular formula is C26H43N3O4. The first-order valence-corrected chi connectivity index (χ1v) is 12.1. The number of amides is 2. The maximum Gasteiger partial charge on any atom is 0.412 e. The normalized spacial score (nSPS) is 15.4. The average Bonchev–Trinajstić information content (AvgIpc) is 2.67. The van der Waals surface area contributed by atoms with Gasteiger partial charge in [0.1, 0.15) is 11.2 Å². The number of ether oxygens (including phenoxy) is 2. The van der Waals surface area contributed by atoms with E-state index >= 15 is 0 Å². The molecule has 1 aromatic rings. The third kappa shape index (κ3) is 9.52. The molecule has 1 aromatic carbocycles. The number of nitrogens with zero attached hydrogens (tertiary/aromatic N) is 2. The van der Waals surface area contributed by atoms with Crippen LogP contribution < -0.4 is 10.2 Å². The molecular weight excluding hydrogens is 418 g/mol. The topological polar surface area (TPSA) is 71.1 Å². The van der Waals surface area contributed by atoms with Crippen molar-refractivity contribution in [3.8, 4) is 0 Å². The third-order valence-electron chi connectivity index (χ3n) is 5.35. The number of carbonyl (C=O) groups is 2. The molecule has 2 amide bonds. The van der Waals surface area contributed by atoms with Crippen LogP contribution in [0.15, 0.2) is 24.3 Å². The van der Waals surface area contributed by atoms with E-state index in [9.17, 15) is 9.59 Å². The molecule has 33 heavy (non-hydrogen) atoms. The molecule has 1 N–H and O–H groups in total. The molecule has 0 aliphatic carbocycles. The summed E-state index contributed by atoms with van der Waals surface area (Å²) in [5.74, 6) is 0.600. The van der Waals surface area contributed by atoms with Gasteiger partial charge in [-0.3, -0.25) is 5.32 Å². The number of carbonyl (C=O) groups excluding carboxylic acids is 2. The highest BCUT2D eigenvalue weighted by Gasteiger charge is 2.30. The van der Waals surface area contributed by atoms with E-state index in [2.05, 4.69) is 24.1 Å². The minimum atomic E-state index is -0.536. The van der Waals surface area contributed by atoms with Crippen LogP contribution in [0.1, 0.15) is 74.7 Å². The van der Waals surface area contributed by atoms with Gasteiger partial charge in [-0.25, -0.2) is 9.59 Å². The van der Waals surface area contributed by atoms with Crippen molar-refractivity contribution in [2.24, 2.45) is 5.92 Å². The summed E-state index contributed by atoms with van der Waals surface area (Å²) >= 11 is 0. The summed E-state index contributed by atoms with van der Waals surface area (Å²) in [6.07, 6.45) is 2.20. The Morgan fingerprint density at radius 3 is 2.03 bits per heavy atom. The van der Waals surface area contributed by atoms with E-state index in [4.69, 9.17) is 9.47 Å². The second kappa shape index (κ2) is 11.1. The zero-order chi connectivity index (χ0) is 24.8. The third-order valence-corrected chi connectivity index (χ3v) is 5.35. The van der Waals surface area contributed by atoms with Crippen molar-refractivity contribution in [3.05, 3.63) is 24.3 Å². The van der Waals surface area contributed by atoms with Gasteiger partial charge in [-0.1, -0.05) is 13.8 Å². The first-order chi connectivity index (χ1) is 15.2. The van der Waals surface area contributed by atoms with Gasteiger partial charge in [-0.2, -0.15) is 0 Å². The van der Waals surface area contributed by atoms with E-state index in [1.165, 1.54) is 0 Å². The highest BCUT2D eigenvalue weighted by molar-refractivity contribution is 5.85. The van der Waals surface area contributed by atoms with Crippen LogP contribution in [-0.2, 0) is 9.47 Å². The van der Waals surface area contributed by atoms with E-state index in [0.29, 0.717) is 30.7 Å². The van der Waals surface area contributed by atoms with Crippen molar-refractivity contribution in [3.63, 3.8) is 0 Å². The fourth-order valence-electron chi connectivity index (χ4n) is 3.76. The summed E-state index contributed by atoms with van der Waals surface area (Å²) in [6, 6.07) is 8.28. The molecule has 0 saturated carbocycles. The van der Waals surface area contributed by atoms with Crippen LogP contribution in [0.25, 0.3) is 0 Å². The van der Waals surface area contributed by atoms with Crippen molar-refractivity contribution in [1.29, 1.82) is 0 Å². The van der Waals surface area contributed by atoms with Crippen molar-refractivity contribution < 1.29 is 19.1 Å². The summed E-state index contributed by atoms with van der Waals surface area (Å²) in [7, 11) is 0. The van der Waals surface area contributed by atoms with Gasteiger partial charge in [0, 0.05) is 37.1 Å². The van der Waals surface area contributed by atoms with Gasteiger partial charge in [-0.15, -0.1) is 0 Å². The highest BCUT2D eigenvalue weighted by atomic mass is 16.6. The van der Waals surface area contributed by atoms with Crippen LogP contribution in [0.4, 0.5) is 21.0 Å². The molecule has 7 heteroatoms. The van der Waals surface area contributed by atoms with E-state index in [1.54, 1.807) is 0 Å². The summed E-state index contributed by atoms with van der Waals surface area (Å²) in [4.78, 5) is 28.8. The predicted octanol–water partition coefficient (Wildman–Crippen LogP) is 6.29. The molecule has 0 atom stereocenters. The van der Waals surface area contributed by atoms with Gasteiger partial charge in [0.25, 0.3) is 0 Å². The largest absolute Gasteiger partial charge is 0.444 e. The Morgan fingerprint density at radius 1 is 1.00 bits per heavy atom. The van der Waals surface area contributed by atoms with Gasteiger partial charge in [0.05, 0.1) is 0 Å². The van der Waals surface area contributed by atoms with E-state index in [0.717, 1.165) is 31.5 Å². The summed E-state index contributed by atoms with van der Waals surface area (Å²) in [5.41, 5.74) is 0.815. The monoisotopic (exact) mass is 461 g/mol. The number of hydrogen-bond acceptors (Lipinski definition) is 5. The number of rotatable bonds is 6. The van der Waals surface area contributed by atoms with E-state index < -0.39 is 17.3 Å². The molecule has 1 fully saturated rings. The number of piperidine rings is 1. The van der Waals surface area contributed by atoms with E-state index in [-0.39, 0.29) is 6.09 Å². The molecule has 1 heterocycles. The number of hydrogen-bond donors (Lipinski definition) is 1. The molecule has 0 aromatic heterocycles. The van der Waals surface area contributed by atoms with Gasteiger partial charge in [0.15, 0.2) is 0 Å². The minimum absolute atomic E-state index is 0.229. The molecule has 1 saturated heterocycles. The van der Waals surface area contributed by atoms with Crippen LogP contribution in [-0.4, -0.2) is 54.0 Å². The Balaban J connectivity index is 2.04. The molecule has 0 radical (unpaired) electrons. The Kier molecular flexibility index (Phi) is 9.04. The lowest BCUT2D eigenvalue weighted by molar-refractivity contribution is 0.0204. The lowest BCUT2D eigenvalue weighted by Gasteiger charge is -2.40. The zero-order valence-corrected chi connectivity index (χ0v) is 21.7. The van der Waals surface area contributed by atoms with Crippen molar-refractivity contribution >= 4 is 23.6 Å². The Labute approximate surface area is 199 Å². The van der Waals surface area contributed by atoms with Gasteiger partial charge >= 0.3 is 12.2 Å². The minimum Gasteiger partial charge on any atom is -0.444 e. The van der Waals surface area contributed by atoms with Crippen LogP contribution in [0, 0.1) is 5.92 Å². The van der Waals surface area contributed by atoms with Crippen molar-refractivity contribution in [1.82, 2.24) is 4.90 Å². The first-order valence-electron chi connectivity index (χ1n) is 12.1. The Morgan fingerprint density at radius 2 is 1.55 bits per heavy atom. The fourth-order valence-corrected chi connectivity index (χ4v) is 3.76. The molecule has 0 bridgehead atoms. The Hall–Kier alpha value is -2.44. The number of benzene rings is 1. The molecule has 7 nitrogen and oxygen atoms in total. The molecule has 0 spiro atoms. The van der Waals surface area contributed by atoms with Crippen molar-refractivity contribution in [2.45, 2.75) is 91.9 Å². The molecule has 2 rings (SSSR count). The maximum atomic E-state index is 12.4. The number of nitrogens with one attached hydrogen (secondary N) is 1. The summed E-state index contributed by atoms with van der Waals surface area (Å²) in [5, 5.41) is 2.79. The standard InChI is InChI=1S/C26H43N3O4/c1-19(2)13-18-29(22-14-16-28(17-15-22)24(31)33-26(6,7)8)21-11-9-20(10-12-21)27-23(30)32-25(3,4)5/h9-12,19,22H,13-18H2,1-8H3,(H,27,30). The maximum absolute atomic E-state index is 12.4. The molecule has 1 aliphatic heterocycles. The summed E-state index contributed by atoms with van der Waals surface area (Å²) < 4.78 is 10.9. The van der Waals surface area contributed by atoms with Crippen LogP contribution in [0.5, 0.6) is 0 Å². The zero-order valence-electron chi connectivity index (χ0n) is 21.7. The van der Waals surface area contributed by atoms with Crippen LogP contribution in [0.2, 0.25) is 0 Å². The Bertz CT molecular complexity index is 770. The second-order valence-corrected chi connectivity index (χ2v) is 11.2. The van der Waals surface area contributed by atoms with Gasteiger partial charge < -0.3 is 19.3 Å². The number of likely N-dealkylation sites (tertiary alicyclic amines) is 1. The second-order valence-electron chi connectivity index (χ2n) is 11.2. The van der Waals surface area contributed by atoms with Crippen LogP contribution in [0.3, 0.4) is 0 Å². The predicted molar refractivity (Wildman–Crippen MR) is 134 cm³/mol. The highest BCUT2D eigenvalue weighted by Crippen LogP contribution is 2.27. The molecule has 1 aliphatic rings. The fraction of sp³-hybridized carbons (Fsp3) is 0.692. The molecule has 0 unspecified atom stereocenters. The number of anilines is 2. The first kappa shape index (κ1) is 26.8. The smallest absolute Gasteiger partial charge is 0.412 e. The lowest BCUT2D eigenvalue weighted by atomic mass is 10.0. The van der Waals surface area contributed by atoms with Gasteiger partial charge in [0.2, 0.25) is 0 Å². The molecule has 186 valence electrons. The SMILES string of the molecule is CC(C)CCN(c1ccc(NC(=O)OC(C)(C)C)cc1)C1CCN(C(=O)OC(C)(C)C)CC1. The van der Waals surface area contributed by atoms with Crippen LogP contribution >= 0.6 is 0 Å². The lowest BCUT2D eigenvalue weighted by Crippen LogP contribution is -2.48. The summed E-state index contributed by atoms with van der Waals surface area (Å²) in [6.45, 7) is 18.0. The van der Waals surface area contributed by atoms with Gasteiger partial charge in [-0.05, 0) is 91.0 Å². The average molecular weight is 462 g/mol. The van der Waals surface area contributed by atoms with Crippen molar-refractivity contribution in [2.75, 3.05) is 29.9 Å². The quantitative estimate of drug-likeness (QED) is 0.539.